The third-order valence-electron chi connectivity index (χ3n) is 6.88. The molecule has 0 radical (unpaired) electrons. The number of benzene rings is 2. The maximum atomic E-state index is 13.0. The number of amides is 3. The molecule has 4 aromatic rings. The van der Waals surface area contributed by atoms with Gasteiger partial charge in [0.1, 0.15) is 4.21 Å². The summed E-state index contributed by atoms with van der Waals surface area (Å²) >= 11 is 0.990. The molecule has 1 atom stereocenters. The molecule has 2 aromatic carbocycles. The number of thiophene rings is 1. The fourth-order valence-electron chi connectivity index (χ4n) is 4.84. The van der Waals surface area contributed by atoms with Crippen molar-refractivity contribution in [1.82, 2.24) is 25.9 Å². The van der Waals surface area contributed by atoms with Crippen molar-refractivity contribution < 1.29 is 18.0 Å². The Bertz CT molecular complexity index is 1560. The van der Waals surface area contributed by atoms with Crippen LogP contribution in [0.25, 0.3) is 0 Å². The minimum absolute atomic E-state index is 0.0657. The zero-order valence-corrected chi connectivity index (χ0v) is 23.4. The van der Waals surface area contributed by atoms with E-state index in [-0.39, 0.29) is 10.2 Å². The number of rotatable bonds is 8. The molecule has 11 nitrogen and oxygen atoms in total. The van der Waals surface area contributed by atoms with Crippen molar-refractivity contribution in [1.29, 1.82) is 0 Å². The van der Waals surface area contributed by atoms with E-state index in [9.17, 15) is 18.0 Å². The second-order valence-corrected chi connectivity index (χ2v) is 13.1. The summed E-state index contributed by atoms with van der Waals surface area (Å²) in [6.45, 7) is 0. The summed E-state index contributed by atoms with van der Waals surface area (Å²) in [6.07, 6.45) is 7.27. The summed E-state index contributed by atoms with van der Waals surface area (Å²) in [5, 5.41) is 21.9. The highest BCUT2D eigenvalue weighted by molar-refractivity contribution is 7.92. The molecule has 2 heterocycles. The normalized spacial score (nSPS) is 14.8. The fraction of sp³-hybridized carbons (Fsp3) is 0.296. The zero-order chi connectivity index (χ0) is 28.1. The van der Waals surface area contributed by atoms with Crippen molar-refractivity contribution >= 4 is 44.1 Å². The molecular formula is C27H29N7O4S2. The van der Waals surface area contributed by atoms with E-state index in [1.165, 1.54) is 43.7 Å². The van der Waals surface area contributed by atoms with Crippen molar-refractivity contribution in [2.24, 2.45) is 0 Å². The highest BCUT2D eigenvalue weighted by atomic mass is 32.2. The zero-order valence-electron chi connectivity index (χ0n) is 21.8. The first-order valence-electron chi connectivity index (χ1n) is 12.9. The van der Waals surface area contributed by atoms with Gasteiger partial charge in [-0.3, -0.25) is 15.4 Å². The van der Waals surface area contributed by atoms with E-state index in [1.54, 1.807) is 30.3 Å². The Balaban J connectivity index is 1.36. The Hall–Kier alpha value is -4.10. The number of H-pyrrole nitrogens is 1. The molecule has 1 fully saturated rings. The Morgan fingerprint density at radius 1 is 0.925 bits per heavy atom. The number of anilines is 2. The topological polar surface area (TPSA) is 159 Å². The lowest BCUT2D eigenvalue weighted by Gasteiger charge is -2.24. The molecule has 208 valence electrons. The number of hydrogen-bond donors (Lipinski definition) is 4. The minimum Gasteiger partial charge on any atom is -0.327 e. The van der Waals surface area contributed by atoms with Gasteiger partial charge in [-0.05, 0) is 64.9 Å². The van der Waals surface area contributed by atoms with Gasteiger partial charge in [0.2, 0.25) is 0 Å². The van der Waals surface area contributed by atoms with Crippen LogP contribution in [0.3, 0.4) is 0 Å². The van der Waals surface area contributed by atoms with E-state index < -0.39 is 27.8 Å². The van der Waals surface area contributed by atoms with Crippen LogP contribution in [0.4, 0.5) is 15.7 Å². The predicted molar refractivity (Wildman–Crippen MR) is 152 cm³/mol. The van der Waals surface area contributed by atoms with Gasteiger partial charge in [-0.2, -0.15) is 5.21 Å². The average Bonchev–Trinajstić information content (AvgIpc) is 3.65. The average molecular weight is 580 g/mol. The maximum Gasteiger partial charge on any atom is 0.320 e. The third kappa shape index (κ3) is 6.72. The summed E-state index contributed by atoms with van der Waals surface area (Å²) in [6, 6.07) is 17.2. The van der Waals surface area contributed by atoms with Crippen LogP contribution in [-0.2, 0) is 9.84 Å². The van der Waals surface area contributed by atoms with Crippen molar-refractivity contribution in [2.45, 2.75) is 48.3 Å². The lowest BCUT2D eigenvalue weighted by Crippen LogP contribution is -2.33. The SMILES string of the molecule is CS(=O)(=O)c1ccc(NC(=O)NC(c2ccc(C(=O)Nc3nn[nH]n3)cc2)c2ccc(C3CCCCC3)cc2)s1. The molecule has 0 bridgehead atoms. The first kappa shape index (κ1) is 27.5. The lowest BCUT2D eigenvalue weighted by molar-refractivity contribution is 0.102. The summed E-state index contributed by atoms with van der Waals surface area (Å²) < 4.78 is 23.8. The van der Waals surface area contributed by atoms with Crippen molar-refractivity contribution in [3.63, 3.8) is 0 Å². The summed E-state index contributed by atoms with van der Waals surface area (Å²) in [5.41, 5.74) is 3.32. The molecule has 40 heavy (non-hydrogen) atoms. The molecule has 1 unspecified atom stereocenters. The summed E-state index contributed by atoms with van der Waals surface area (Å²) in [4.78, 5) is 25.6. The van der Waals surface area contributed by atoms with Crippen LogP contribution in [0.5, 0.6) is 0 Å². The van der Waals surface area contributed by atoms with Gasteiger partial charge < -0.3 is 5.32 Å². The van der Waals surface area contributed by atoms with Gasteiger partial charge in [-0.25, -0.2) is 13.2 Å². The first-order chi connectivity index (χ1) is 19.3. The summed E-state index contributed by atoms with van der Waals surface area (Å²) in [7, 11) is -3.37. The molecule has 1 aliphatic rings. The van der Waals surface area contributed by atoms with E-state index in [4.69, 9.17) is 0 Å². The van der Waals surface area contributed by atoms with E-state index in [2.05, 4.69) is 48.7 Å². The number of nitrogens with one attached hydrogen (secondary N) is 4. The molecule has 1 saturated carbocycles. The van der Waals surface area contributed by atoms with Gasteiger partial charge >= 0.3 is 6.03 Å². The van der Waals surface area contributed by atoms with Gasteiger partial charge in [0.05, 0.1) is 11.0 Å². The molecule has 0 saturated heterocycles. The van der Waals surface area contributed by atoms with E-state index in [0.29, 0.717) is 16.5 Å². The lowest BCUT2D eigenvalue weighted by atomic mass is 9.83. The molecule has 1 aliphatic carbocycles. The first-order valence-corrected chi connectivity index (χ1v) is 15.6. The summed E-state index contributed by atoms with van der Waals surface area (Å²) in [5.74, 6) is 0.222. The number of hydrogen-bond acceptors (Lipinski definition) is 8. The smallest absolute Gasteiger partial charge is 0.320 e. The second kappa shape index (κ2) is 12.0. The van der Waals surface area contributed by atoms with Crippen LogP contribution < -0.4 is 16.0 Å². The predicted octanol–water partition coefficient (Wildman–Crippen LogP) is 4.88. The second-order valence-electron chi connectivity index (χ2n) is 9.74. The van der Waals surface area contributed by atoms with Crippen LogP contribution in [0.15, 0.2) is 64.9 Å². The number of carbonyl (C=O) groups is 2. The highest BCUT2D eigenvalue weighted by Crippen LogP contribution is 2.34. The molecule has 0 spiro atoms. The number of sulfone groups is 1. The number of urea groups is 1. The van der Waals surface area contributed by atoms with Crippen LogP contribution >= 0.6 is 11.3 Å². The van der Waals surface area contributed by atoms with Crippen molar-refractivity contribution in [2.75, 3.05) is 16.9 Å². The molecule has 2 aromatic heterocycles. The van der Waals surface area contributed by atoms with Crippen molar-refractivity contribution in [3.05, 3.63) is 82.9 Å². The standard InChI is InChI=1S/C27H29N7O4S2/c1-40(37,38)23-16-15-22(39-23)28-27(36)29-24(19-9-7-18(8-10-19)17-5-3-2-4-6-17)20-11-13-21(14-12-20)25(35)30-26-31-33-34-32-26/h7-17,24H,2-6H2,1H3,(H2,28,29,36)(H2,30,31,32,33,34,35). The molecule has 13 heteroatoms. The highest BCUT2D eigenvalue weighted by Gasteiger charge is 2.21. The molecular weight excluding hydrogens is 550 g/mol. The molecule has 3 amide bonds. The monoisotopic (exact) mass is 579 g/mol. The largest absolute Gasteiger partial charge is 0.327 e. The number of nitrogens with zero attached hydrogens (tertiary/aromatic N) is 3. The Morgan fingerprint density at radius 2 is 1.60 bits per heavy atom. The van der Waals surface area contributed by atoms with Crippen LogP contribution in [0.2, 0.25) is 0 Å². The van der Waals surface area contributed by atoms with E-state index >= 15 is 0 Å². The number of tetrazole rings is 1. The molecule has 4 N–H and O–H groups in total. The third-order valence-corrected chi connectivity index (χ3v) is 9.70. The van der Waals surface area contributed by atoms with Gasteiger partial charge in [-0.1, -0.05) is 60.8 Å². The van der Waals surface area contributed by atoms with Gasteiger partial charge in [0.25, 0.3) is 11.9 Å². The number of aromatic amines is 1. The minimum atomic E-state index is -3.37. The van der Waals surface area contributed by atoms with Gasteiger partial charge in [0, 0.05) is 11.8 Å². The van der Waals surface area contributed by atoms with Crippen molar-refractivity contribution in [3.8, 4) is 0 Å². The Kier molecular flexibility index (Phi) is 8.21. The number of carbonyl (C=O) groups excluding carboxylic acids is 2. The number of aromatic nitrogens is 4. The Labute approximate surface area is 235 Å². The van der Waals surface area contributed by atoms with Gasteiger partial charge in [0.15, 0.2) is 9.84 Å². The van der Waals surface area contributed by atoms with Crippen LogP contribution in [-0.4, -0.2) is 47.2 Å². The van der Waals surface area contributed by atoms with E-state index in [0.717, 1.165) is 28.7 Å². The van der Waals surface area contributed by atoms with Crippen LogP contribution in [0.1, 0.15) is 71.1 Å². The van der Waals surface area contributed by atoms with E-state index in [1.807, 2.05) is 12.1 Å². The van der Waals surface area contributed by atoms with Gasteiger partial charge in [-0.15, -0.1) is 16.4 Å². The maximum absolute atomic E-state index is 13.0. The molecule has 0 aliphatic heterocycles. The van der Waals surface area contributed by atoms with Crippen LogP contribution in [0, 0.1) is 0 Å². The Morgan fingerprint density at radius 3 is 2.20 bits per heavy atom. The molecule has 5 rings (SSSR count). The fourth-order valence-corrected chi connectivity index (χ4v) is 6.66. The quantitative estimate of drug-likeness (QED) is 0.232.